The average Bonchev–Trinajstić information content (AvgIpc) is 2.42. The second-order valence-electron chi connectivity index (χ2n) is 4.26. The number of nitrogens with zero attached hydrogens (tertiary/aromatic N) is 1. The second kappa shape index (κ2) is 7.53. The standard InChI is InChI=1S/C15H21NO4/c1-5-16(6-2)15(18)20-13-9-8-11(4)10-12(13)14(17)19-7-3/h8-10H,5-7H2,1-4H3. The zero-order valence-corrected chi connectivity index (χ0v) is 12.4. The van der Waals surface area contributed by atoms with Crippen molar-refractivity contribution >= 4 is 12.1 Å². The van der Waals surface area contributed by atoms with Crippen LogP contribution in [0, 0.1) is 6.92 Å². The molecule has 1 amide bonds. The fourth-order valence-corrected chi connectivity index (χ4v) is 1.74. The Hall–Kier alpha value is -2.04. The third-order valence-electron chi connectivity index (χ3n) is 2.85. The first kappa shape index (κ1) is 16.0. The summed E-state index contributed by atoms with van der Waals surface area (Å²) in [5.41, 5.74) is 1.17. The molecule has 0 aliphatic heterocycles. The number of amides is 1. The lowest BCUT2D eigenvalue weighted by molar-refractivity contribution is 0.0522. The van der Waals surface area contributed by atoms with Crippen LogP contribution in [0.3, 0.4) is 0 Å². The number of ether oxygens (including phenoxy) is 2. The first-order chi connectivity index (χ1) is 9.53. The lowest BCUT2D eigenvalue weighted by Crippen LogP contribution is -2.33. The Kier molecular flexibility index (Phi) is 6.03. The molecule has 0 aliphatic rings. The molecule has 0 bridgehead atoms. The van der Waals surface area contributed by atoms with E-state index < -0.39 is 12.1 Å². The van der Waals surface area contributed by atoms with E-state index in [0.29, 0.717) is 13.1 Å². The molecular formula is C15H21NO4. The van der Waals surface area contributed by atoms with Crippen LogP contribution in [0.15, 0.2) is 18.2 Å². The lowest BCUT2D eigenvalue weighted by Gasteiger charge is -2.19. The molecule has 20 heavy (non-hydrogen) atoms. The fraction of sp³-hybridized carbons (Fsp3) is 0.467. The number of rotatable bonds is 5. The molecule has 5 heteroatoms. The Labute approximate surface area is 119 Å². The topological polar surface area (TPSA) is 55.8 Å². The first-order valence-corrected chi connectivity index (χ1v) is 6.77. The summed E-state index contributed by atoms with van der Waals surface area (Å²) in [5, 5.41) is 0. The van der Waals surface area contributed by atoms with Gasteiger partial charge in [-0.2, -0.15) is 0 Å². The van der Waals surface area contributed by atoms with Crippen molar-refractivity contribution in [2.75, 3.05) is 19.7 Å². The largest absolute Gasteiger partial charge is 0.462 e. The first-order valence-electron chi connectivity index (χ1n) is 6.77. The summed E-state index contributed by atoms with van der Waals surface area (Å²) in [7, 11) is 0. The average molecular weight is 279 g/mol. The van der Waals surface area contributed by atoms with Gasteiger partial charge in [0.05, 0.1) is 6.61 Å². The molecule has 0 saturated heterocycles. The van der Waals surface area contributed by atoms with E-state index in [-0.39, 0.29) is 17.9 Å². The number of benzene rings is 1. The molecule has 0 aliphatic carbocycles. The highest BCUT2D eigenvalue weighted by Gasteiger charge is 2.19. The van der Waals surface area contributed by atoms with E-state index in [9.17, 15) is 9.59 Å². The molecule has 0 heterocycles. The van der Waals surface area contributed by atoms with Crippen LogP contribution in [-0.2, 0) is 4.74 Å². The Bertz CT molecular complexity index is 481. The quantitative estimate of drug-likeness (QED) is 0.777. The van der Waals surface area contributed by atoms with Gasteiger partial charge in [-0.3, -0.25) is 0 Å². The van der Waals surface area contributed by atoms with Crippen LogP contribution >= 0.6 is 0 Å². The highest BCUT2D eigenvalue weighted by Crippen LogP contribution is 2.22. The summed E-state index contributed by atoms with van der Waals surface area (Å²) in [5.74, 6) is -0.260. The minimum atomic E-state index is -0.487. The van der Waals surface area contributed by atoms with Crippen molar-refractivity contribution in [1.82, 2.24) is 4.90 Å². The summed E-state index contributed by atoms with van der Waals surface area (Å²) >= 11 is 0. The molecule has 0 atom stereocenters. The van der Waals surface area contributed by atoms with Crippen LogP contribution in [0.2, 0.25) is 0 Å². The predicted octanol–water partition coefficient (Wildman–Crippen LogP) is 3.01. The van der Waals surface area contributed by atoms with Crippen LogP contribution in [0.1, 0.15) is 36.7 Å². The molecule has 1 rings (SSSR count). The van der Waals surface area contributed by atoms with Crippen molar-refractivity contribution < 1.29 is 19.1 Å². The molecule has 1 aromatic carbocycles. The van der Waals surface area contributed by atoms with E-state index in [4.69, 9.17) is 9.47 Å². The summed E-state index contributed by atoms with van der Waals surface area (Å²) < 4.78 is 10.3. The molecular weight excluding hydrogens is 258 g/mol. The molecule has 0 spiro atoms. The van der Waals surface area contributed by atoms with E-state index >= 15 is 0 Å². The van der Waals surface area contributed by atoms with E-state index in [1.165, 1.54) is 4.90 Å². The highest BCUT2D eigenvalue weighted by atomic mass is 16.6. The van der Waals surface area contributed by atoms with Crippen molar-refractivity contribution in [2.45, 2.75) is 27.7 Å². The fourth-order valence-electron chi connectivity index (χ4n) is 1.74. The van der Waals surface area contributed by atoms with Crippen LogP contribution in [0.25, 0.3) is 0 Å². The molecule has 1 aromatic rings. The van der Waals surface area contributed by atoms with Gasteiger partial charge in [0, 0.05) is 13.1 Å². The van der Waals surface area contributed by atoms with E-state index in [1.807, 2.05) is 20.8 Å². The Morgan fingerprint density at radius 1 is 1.15 bits per heavy atom. The SMILES string of the molecule is CCOC(=O)c1cc(C)ccc1OC(=O)N(CC)CC. The van der Waals surface area contributed by atoms with Crippen LogP contribution < -0.4 is 4.74 Å². The van der Waals surface area contributed by atoms with Gasteiger partial charge in [0.25, 0.3) is 0 Å². The molecule has 5 nitrogen and oxygen atoms in total. The van der Waals surface area contributed by atoms with Crippen LogP contribution in [0.5, 0.6) is 5.75 Å². The van der Waals surface area contributed by atoms with Crippen LogP contribution in [0.4, 0.5) is 4.79 Å². The van der Waals surface area contributed by atoms with Crippen LogP contribution in [-0.4, -0.2) is 36.7 Å². The zero-order chi connectivity index (χ0) is 15.1. The highest BCUT2D eigenvalue weighted by molar-refractivity contribution is 5.93. The van der Waals surface area contributed by atoms with Gasteiger partial charge in [0.2, 0.25) is 0 Å². The molecule has 0 N–H and O–H groups in total. The number of esters is 1. The van der Waals surface area contributed by atoms with Crippen molar-refractivity contribution in [1.29, 1.82) is 0 Å². The van der Waals surface area contributed by atoms with E-state index in [1.54, 1.807) is 25.1 Å². The predicted molar refractivity (Wildman–Crippen MR) is 76.1 cm³/mol. The maximum Gasteiger partial charge on any atom is 0.415 e. The third kappa shape index (κ3) is 3.98. The Morgan fingerprint density at radius 3 is 2.35 bits per heavy atom. The number of hydrogen-bond acceptors (Lipinski definition) is 4. The number of carbonyl (C=O) groups is 2. The maximum absolute atomic E-state index is 11.9. The van der Waals surface area contributed by atoms with Gasteiger partial charge >= 0.3 is 12.1 Å². The van der Waals surface area contributed by atoms with Gasteiger partial charge in [-0.05, 0) is 45.4 Å². The van der Waals surface area contributed by atoms with E-state index in [0.717, 1.165) is 5.56 Å². The van der Waals surface area contributed by atoms with E-state index in [2.05, 4.69) is 0 Å². The molecule has 0 fully saturated rings. The molecule has 0 unspecified atom stereocenters. The van der Waals surface area contributed by atoms with Gasteiger partial charge < -0.3 is 14.4 Å². The van der Waals surface area contributed by atoms with Crippen molar-refractivity contribution in [3.8, 4) is 5.75 Å². The third-order valence-corrected chi connectivity index (χ3v) is 2.85. The summed E-state index contributed by atoms with van der Waals surface area (Å²) in [6, 6.07) is 5.05. The second-order valence-corrected chi connectivity index (χ2v) is 4.26. The minimum absolute atomic E-state index is 0.228. The summed E-state index contributed by atoms with van der Waals surface area (Å²) in [4.78, 5) is 25.4. The summed E-state index contributed by atoms with van der Waals surface area (Å²) in [6.45, 7) is 8.70. The molecule has 0 saturated carbocycles. The summed E-state index contributed by atoms with van der Waals surface area (Å²) in [6.07, 6.45) is -0.468. The Balaban J connectivity index is 3.00. The molecule has 110 valence electrons. The number of carbonyl (C=O) groups excluding carboxylic acids is 2. The van der Waals surface area contributed by atoms with Gasteiger partial charge in [0.1, 0.15) is 11.3 Å². The molecule has 0 radical (unpaired) electrons. The smallest absolute Gasteiger partial charge is 0.415 e. The Morgan fingerprint density at radius 2 is 1.80 bits per heavy atom. The molecule has 0 aromatic heterocycles. The maximum atomic E-state index is 11.9. The number of aryl methyl sites for hydroxylation is 1. The van der Waals surface area contributed by atoms with Crippen molar-refractivity contribution in [2.24, 2.45) is 0 Å². The van der Waals surface area contributed by atoms with Crippen molar-refractivity contribution in [3.05, 3.63) is 29.3 Å². The van der Waals surface area contributed by atoms with Gasteiger partial charge in [-0.1, -0.05) is 6.07 Å². The number of hydrogen-bond donors (Lipinski definition) is 0. The normalized spacial score (nSPS) is 10.0. The van der Waals surface area contributed by atoms with Gasteiger partial charge in [-0.15, -0.1) is 0 Å². The monoisotopic (exact) mass is 279 g/mol. The zero-order valence-electron chi connectivity index (χ0n) is 12.4. The van der Waals surface area contributed by atoms with Gasteiger partial charge in [-0.25, -0.2) is 9.59 Å². The minimum Gasteiger partial charge on any atom is -0.462 e. The lowest BCUT2D eigenvalue weighted by atomic mass is 10.1. The van der Waals surface area contributed by atoms with Crippen molar-refractivity contribution in [3.63, 3.8) is 0 Å². The van der Waals surface area contributed by atoms with Gasteiger partial charge in [0.15, 0.2) is 0 Å².